The fourth-order valence-electron chi connectivity index (χ4n) is 1.64. The molecule has 0 fully saturated rings. The first-order valence-corrected chi connectivity index (χ1v) is 6.68. The third kappa shape index (κ3) is 4.30. The van der Waals surface area contributed by atoms with E-state index in [9.17, 15) is 4.79 Å². The zero-order chi connectivity index (χ0) is 15.9. The van der Waals surface area contributed by atoms with Crippen LogP contribution in [-0.4, -0.2) is 39.9 Å². The van der Waals surface area contributed by atoms with E-state index in [-0.39, 0.29) is 17.7 Å². The second-order valence-corrected chi connectivity index (χ2v) is 4.49. The van der Waals surface area contributed by atoms with Gasteiger partial charge in [-0.05, 0) is 11.6 Å². The Balaban J connectivity index is 2.06. The maximum Gasteiger partial charge on any atom is 0.307 e. The van der Waals surface area contributed by atoms with Gasteiger partial charge in [0, 0.05) is 6.20 Å². The molecule has 0 aliphatic carbocycles. The van der Waals surface area contributed by atoms with Crippen molar-refractivity contribution in [1.82, 2.24) is 19.7 Å². The van der Waals surface area contributed by atoms with Crippen LogP contribution in [0.5, 0.6) is 0 Å². The maximum atomic E-state index is 11.1. The molecule has 9 nitrogen and oxygen atoms in total. The molecule has 0 amide bonds. The number of methoxy groups -OCH3 is 1. The van der Waals surface area contributed by atoms with E-state index < -0.39 is 0 Å². The predicted octanol–water partition coefficient (Wildman–Crippen LogP) is 1.61. The van der Waals surface area contributed by atoms with Crippen molar-refractivity contribution in [2.45, 2.75) is 13.0 Å². The molecule has 0 radical (unpaired) electrons. The minimum atomic E-state index is -0.292. The van der Waals surface area contributed by atoms with Gasteiger partial charge in [-0.1, -0.05) is 0 Å². The molecular weight excluding hydrogens is 312 g/mol. The Labute approximate surface area is 131 Å². The second-order valence-electron chi connectivity index (χ2n) is 4.15. The van der Waals surface area contributed by atoms with Gasteiger partial charge in [0.15, 0.2) is 5.82 Å². The predicted molar refractivity (Wildman–Crippen MR) is 79.8 cm³/mol. The molecule has 10 heteroatoms. The van der Waals surface area contributed by atoms with Gasteiger partial charge in [-0.25, -0.2) is 4.98 Å². The van der Waals surface area contributed by atoms with Crippen molar-refractivity contribution in [2.75, 3.05) is 25.0 Å². The summed E-state index contributed by atoms with van der Waals surface area (Å²) in [7, 11) is 2.82. The van der Waals surface area contributed by atoms with Crippen LogP contribution in [0.4, 0.5) is 17.2 Å². The molecule has 0 aliphatic rings. The van der Waals surface area contributed by atoms with Crippen LogP contribution < -0.4 is 10.8 Å². The topological polar surface area (TPSA) is 103 Å². The molecule has 0 spiro atoms. The van der Waals surface area contributed by atoms with E-state index in [0.717, 1.165) is 0 Å². The van der Waals surface area contributed by atoms with E-state index in [1.807, 2.05) is 0 Å². The maximum absolute atomic E-state index is 11.1. The largest absolute Gasteiger partial charge is 0.469 e. The zero-order valence-corrected chi connectivity index (χ0v) is 12.8. The normalized spacial score (nSPS) is 10.3. The Morgan fingerprint density at radius 3 is 2.95 bits per heavy atom. The fourth-order valence-corrected chi connectivity index (χ4v) is 1.77. The first-order valence-electron chi connectivity index (χ1n) is 6.30. The summed E-state index contributed by atoms with van der Waals surface area (Å²) in [5.41, 5.74) is 3.85. The quantitative estimate of drug-likeness (QED) is 0.449. The van der Waals surface area contributed by atoms with Crippen molar-refractivity contribution in [3.63, 3.8) is 0 Å². The SMILES string of the molecule is CONc1cnc(Cl)nc1Nc1cnn(CCC(=O)OC)c1. The lowest BCUT2D eigenvalue weighted by atomic mass is 10.4. The number of hydrogen-bond donors (Lipinski definition) is 2. The number of esters is 1. The lowest BCUT2D eigenvalue weighted by Crippen LogP contribution is -2.07. The van der Waals surface area contributed by atoms with Crippen LogP contribution in [0.1, 0.15) is 6.42 Å². The van der Waals surface area contributed by atoms with Crippen molar-refractivity contribution < 1.29 is 14.4 Å². The Kier molecular flexibility index (Phi) is 5.50. The molecule has 118 valence electrons. The van der Waals surface area contributed by atoms with Gasteiger partial charge >= 0.3 is 5.97 Å². The average Bonchev–Trinajstić information content (AvgIpc) is 2.95. The lowest BCUT2D eigenvalue weighted by molar-refractivity contribution is -0.140. The van der Waals surface area contributed by atoms with Gasteiger partial charge in [0.25, 0.3) is 0 Å². The summed E-state index contributed by atoms with van der Waals surface area (Å²) in [4.78, 5) is 23.9. The number of ether oxygens (including phenoxy) is 1. The molecule has 2 heterocycles. The summed E-state index contributed by atoms with van der Waals surface area (Å²) in [6, 6.07) is 0. The van der Waals surface area contributed by atoms with Gasteiger partial charge in [-0.3, -0.25) is 19.8 Å². The third-order valence-electron chi connectivity index (χ3n) is 2.64. The van der Waals surface area contributed by atoms with Crippen LogP contribution in [0.15, 0.2) is 18.6 Å². The molecule has 22 heavy (non-hydrogen) atoms. The molecule has 2 aromatic heterocycles. The average molecular weight is 327 g/mol. The number of nitrogens with zero attached hydrogens (tertiary/aromatic N) is 4. The number of halogens is 1. The number of rotatable bonds is 7. The minimum Gasteiger partial charge on any atom is -0.469 e. The number of carbonyl (C=O) groups excluding carboxylic acids is 1. The highest BCUT2D eigenvalue weighted by molar-refractivity contribution is 6.28. The van der Waals surface area contributed by atoms with E-state index in [1.165, 1.54) is 20.4 Å². The number of hydrogen-bond acceptors (Lipinski definition) is 8. The van der Waals surface area contributed by atoms with Gasteiger partial charge < -0.3 is 10.1 Å². The van der Waals surface area contributed by atoms with Crippen molar-refractivity contribution in [3.05, 3.63) is 23.9 Å². The van der Waals surface area contributed by atoms with Crippen LogP contribution in [-0.2, 0) is 20.9 Å². The summed E-state index contributed by atoms with van der Waals surface area (Å²) < 4.78 is 6.20. The van der Waals surface area contributed by atoms with E-state index in [1.54, 1.807) is 17.1 Å². The van der Waals surface area contributed by atoms with Crippen LogP contribution in [0, 0.1) is 0 Å². The van der Waals surface area contributed by atoms with Crippen LogP contribution >= 0.6 is 11.6 Å². The van der Waals surface area contributed by atoms with Gasteiger partial charge in [0.2, 0.25) is 5.28 Å². The highest BCUT2D eigenvalue weighted by Crippen LogP contribution is 2.23. The fraction of sp³-hybridized carbons (Fsp3) is 0.333. The number of nitrogens with one attached hydrogen (secondary N) is 2. The molecule has 0 saturated carbocycles. The number of carbonyl (C=O) groups is 1. The number of anilines is 3. The third-order valence-corrected chi connectivity index (χ3v) is 2.82. The second kappa shape index (κ2) is 7.57. The Morgan fingerprint density at radius 2 is 2.23 bits per heavy atom. The van der Waals surface area contributed by atoms with Gasteiger partial charge in [0.1, 0.15) is 5.69 Å². The standard InChI is InChI=1S/C12H15ClN6O3/c1-21-10(20)3-4-19-7-8(5-15-19)16-11-9(18-22-2)6-14-12(13)17-11/h5-7,18H,3-4H2,1-2H3,(H,14,16,17). The van der Waals surface area contributed by atoms with Crippen molar-refractivity contribution in [1.29, 1.82) is 0 Å². The molecule has 0 atom stereocenters. The first-order chi connectivity index (χ1) is 10.6. The Bertz CT molecular complexity index is 648. The molecule has 2 N–H and O–H groups in total. The summed E-state index contributed by atoms with van der Waals surface area (Å²) in [6.45, 7) is 0.419. The summed E-state index contributed by atoms with van der Waals surface area (Å²) in [5, 5.41) is 7.28. The molecule has 0 unspecified atom stereocenters. The van der Waals surface area contributed by atoms with Crippen LogP contribution in [0.25, 0.3) is 0 Å². The van der Waals surface area contributed by atoms with Gasteiger partial charge in [-0.2, -0.15) is 10.1 Å². The van der Waals surface area contributed by atoms with E-state index in [4.69, 9.17) is 16.4 Å². The van der Waals surface area contributed by atoms with Crippen LogP contribution in [0.2, 0.25) is 5.28 Å². The van der Waals surface area contributed by atoms with Crippen LogP contribution in [0.3, 0.4) is 0 Å². The van der Waals surface area contributed by atoms with Gasteiger partial charge in [0.05, 0.1) is 45.3 Å². The Hall–Kier alpha value is -2.39. The van der Waals surface area contributed by atoms with Crippen molar-refractivity contribution in [3.8, 4) is 0 Å². The molecule has 0 saturated heterocycles. The zero-order valence-electron chi connectivity index (χ0n) is 12.0. The molecule has 0 bridgehead atoms. The highest BCUT2D eigenvalue weighted by atomic mass is 35.5. The minimum absolute atomic E-state index is 0.0993. The van der Waals surface area contributed by atoms with E-state index in [0.29, 0.717) is 23.7 Å². The number of aromatic nitrogens is 4. The number of aryl methyl sites for hydroxylation is 1. The van der Waals surface area contributed by atoms with Crippen molar-refractivity contribution in [2.24, 2.45) is 0 Å². The molecular formula is C12H15ClN6O3. The molecule has 0 aliphatic heterocycles. The molecule has 0 aromatic carbocycles. The highest BCUT2D eigenvalue weighted by Gasteiger charge is 2.09. The van der Waals surface area contributed by atoms with E-state index >= 15 is 0 Å². The first kappa shape index (κ1) is 16.0. The lowest BCUT2D eigenvalue weighted by Gasteiger charge is -2.09. The van der Waals surface area contributed by atoms with Gasteiger partial charge in [-0.15, -0.1) is 0 Å². The molecule has 2 rings (SSSR count). The summed E-state index contributed by atoms with van der Waals surface area (Å²) >= 11 is 5.79. The van der Waals surface area contributed by atoms with E-state index in [2.05, 4.69) is 30.6 Å². The summed E-state index contributed by atoms with van der Waals surface area (Å²) in [5.74, 6) is 0.147. The molecule has 2 aromatic rings. The summed E-state index contributed by atoms with van der Waals surface area (Å²) in [6.07, 6.45) is 5.07. The Morgan fingerprint density at radius 1 is 1.41 bits per heavy atom. The monoisotopic (exact) mass is 326 g/mol. The smallest absolute Gasteiger partial charge is 0.307 e. The van der Waals surface area contributed by atoms with Crippen molar-refractivity contribution >= 4 is 34.8 Å².